The highest BCUT2D eigenvalue weighted by molar-refractivity contribution is 7.07. The molecule has 1 amide bonds. The van der Waals surface area contributed by atoms with Gasteiger partial charge in [-0.15, -0.1) is 0 Å². The first kappa shape index (κ1) is 16.2. The van der Waals surface area contributed by atoms with E-state index in [2.05, 4.69) is 4.90 Å². The first-order chi connectivity index (χ1) is 11.2. The molecule has 2 nitrogen and oxygen atoms in total. The van der Waals surface area contributed by atoms with E-state index in [4.69, 9.17) is 0 Å². The molecule has 1 aliphatic rings. The number of hydrogen-bond donors (Lipinski definition) is 0. The number of benzene rings is 1. The minimum atomic E-state index is -0.213. The number of thiophene rings is 1. The van der Waals surface area contributed by atoms with Crippen LogP contribution in [0.25, 0.3) is 0 Å². The number of hydrogen-bond acceptors (Lipinski definition) is 2. The molecule has 1 saturated carbocycles. The Labute approximate surface area is 140 Å². The summed E-state index contributed by atoms with van der Waals surface area (Å²) in [7, 11) is 0. The van der Waals surface area contributed by atoms with Crippen LogP contribution in [-0.4, -0.2) is 23.4 Å². The van der Waals surface area contributed by atoms with E-state index >= 15 is 0 Å². The second-order valence-electron chi connectivity index (χ2n) is 6.21. The van der Waals surface area contributed by atoms with Crippen molar-refractivity contribution in [1.82, 2.24) is 4.90 Å². The highest BCUT2D eigenvalue weighted by atomic mass is 32.1. The zero-order valence-electron chi connectivity index (χ0n) is 13.2. The number of amides is 1. The lowest BCUT2D eigenvalue weighted by Gasteiger charge is -2.29. The molecule has 1 fully saturated rings. The Kier molecular flexibility index (Phi) is 5.44. The van der Waals surface area contributed by atoms with Gasteiger partial charge in [0.15, 0.2) is 0 Å². The summed E-state index contributed by atoms with van der Waals surface area (Å²) in [6.07, 6.45) is 5.92. The number of carbonyl (C=O) groups is 1. The van der Waals surface area contributed by atoms with Gasteiger partial charge < -0.3 is 4.90 Å². The molecular weight excluding hydrogens is 309 g/mol. The third-order valence-electron chi connectivity index (χ3n) is 4.58. The molecule has 1 aliphatic carbocycles. The van der Waals surface area contributed by atoms with Crippen LogP contribution in [-0.2, 0) is 17.6 Å². The van der Waals surface area contributed by atoms with Gasteiger partial charge in [0.2, 0.25) is 5.91 Å². The highest BCUT2D eigenvalue weighted by Gasteiger charge is 2.26. The van der Waals surface area contributed by atoms with Crippen LogP contribution in [0.1, 0.15) is 36.8 Å². The highest BCUT2D eigenvalue weighted by Crippen LogP contribution is 2.25. The summed E-state index contributed by atoms with van der Waals surface area (Å²) in [5, 5.41) is 4.06. The van der Waals surface area contributed by atoms with Crippen LogP contribution >= 0.6 is 11.3 Å². The van der Waals surface area contributed by atoms with Gasteiger partial charge in [-0.1, -0.05) is 25.0 Å². The van der Waals surface area contributed by atoms with Gasteiger partial charge in [0, 0.05) is 12.6 Å². The summed E-state index contributed by atoms with van der Waals surface area (Å²) in [5.41, 5.74) is 2.18. The predicted octanol–water partition coefficient (Wildman–Crippen LogP) is 4.44. The summed E-state index contributed by atoms with van der Waals surface area (Å²) in [5.74, 6) is 0.00680. The molecular formula is C19H22FNOS. The Morgan fingerprint density at radius 2 is 1.87 bits per heavy atom. The molecule has 2 aromatic rings. The monoisotopic (exact) mass is 331 g/mol. The van der Waals surface area contributed by atoms with Crippen LogP contribution in [0.15, 0.2) is 41.1 Å². The van der Waals surface area contributed by atoms with Crippen LogP contribution in [0, 0.1) is 5.82 Å². The van der Waals surface area contributed by atoms with Gasteiger partial charge in [0.25, 0.3) is 0 Å². The molecule has 1 heterocycles. The van der Waals surface area contributed by atoms with Gasteiger partial charge in [-0.25, -0.2) is 4.39 Å². The van der Waals surface area contributed by atoms with Crippen LogP contribution in [0.5, 0.6) is 0 Å². The van der Waals surface area contributed by atoms with Gasteiger partial charge in [-0.2, -0.15) is 11.3 Å². The molecule has 0 unspecified atom stereocenters. The molecule has 4 heteroatoms. The minimum absolute atomic E-state index is 0.213. The topological polar surface area (TPSA) is 20.3 Å². The van der Waals surface area contributed by atoms with Crippen molar-refractivity contribution in [3.8, 4) is 0 Å². The quantitative estimate of drug-likeness (QED) is 0.766. The Bertz CT molecular complexity index is 617. The van der Waals surface area contributed by atoms with Crippen molar-refractivity contribution in [2.75, 3.05) is 6.54 Å². The molecule has 122 valence electrons. The molecule has 1 aromatic carbocycles. The zero-order chi connectivity index (χ0) is 16.1. The van der Waals surface area contributed by atoms with Crippen molar-refractivity contribution in [1.29, 1.82) is 0 Å². The van der Waals surface area contributed by atoms with Crippen LogP contribution in [0.4, 0.5) is 4.39 Å². The normalized spacial score (nSPS) is 15.0. The summed E-state index contributed by atoms with van der Waals surface area (Å²) < 4.78 is 13.0. The number of carbonyl (C=O) groups excluding carboxylic acids is 1. The second-order valence-corrected chi connectivity index (χ2v) is 6.99. The van der Waals surface area contributed by atoms with E-state index in [1.165, 1.54) is 25.0 Å². The molecule has 0 bridgehead atoms. The van der Waals surface area contributed by atoms with E-state index < -0.39 is 0 Å². The van der Waals surface area contributed by atoms with Crippen molar-refractivity contribution >= 4 is 17.2 Å². The number of rotatable bonds is 6. The Hall–Kier alpha value is -1.68. The molecule has 23 heavy (non-hydrogen) atoms. The first-order valence-electron chi connectivity index (χ1n) is 8.27. The summed E-state index contributed by atoms with van der Waals surface area (Å²) in [4.78, 5) is 14.8. The summed E-state index contributed by atoms with van der Waals surface area (Å²) in [6.45, 7) is 0.721. The third kappa shape index (κ3) is 4.41. The van der Waals surface area contributed by atoms with Gasteiger partial charge >= 0.3 is 0 Å². The molecule has 0 radical (unpaired) electrons. The number of halogens is 1. The third-order valence-corrected chi connectivity index (χ3v) is 5.31. The first-order valence-corrected chi connectivity index (χ1v) is 9.21. The zero-order valence-corrected chi connectivity index (χ0v) is 14.0. The van der Waals surface area contributed by atoms with Gasteiger partial charge in [0.05, 0.1) is 6.42 Å². The van der Waals surface area contributed by atoms with E-state index in [1.54, 1.807) is 11.3 Å². The van der Waals surface area contributed by atoms with E-state index in [0.29, 0.717) is 12.5 Å². The van der Waals surface area contributed by atoms with Gasteiger partial charge in [0.1, 0.15) is 5.82 Å². The summed E-state index contributed by atoms with van der Waals surface area (Å²) >= 11 is 1.63. The van der Waals surface area contributed by atoms with Crippen molar-refractivity contribution in [2.24, 2.45) is 0 Å². The molecule has 0 N–H and O–H groups in total. The van der Waals surface area contributed by atoms with Crippen LogP contribution in [0.2, 0.25) is 0 Å². The fraction of sp³-hybridized carbons (Fsp3) is 0.421. The lowest BCUT2D eigenvalue weighted by Crippen LogP contribution is -2.41. The standard InChI is InChI=1S/C19H22FNOS/c20-17-7-5-15(6-8-17)9-11-21(18-3-1-2-4-18)19(22)13-16-10-12-23-14-16/h5-8,10,12,14,18H,1-4,9,11,13H2. The van der Waals surface area contributed by atoms with Crippen molar-refractivity contribution in [3.63, 3.8) is 0 Å². The van der Waals surface area contributed by atoms with Gasteiger partial charge in [-0.3, -0.25) is 4.79 Å². The lowest BCUT2D eigenvalue weighted by atomic mass is 10.1. The molecule has 3 rings (SSSR count). The van der Waals surface area contributed by atoms with Crippen molar-refractivity contribution in [2.45, 2.75) is 44.6 Å². The molecule has 0 aliphatic heterocycles. The fourth-order valence-corrected chi connectivity index (χ4v) is 3.97. The van der Waals surface area contributed by atoms with Gasteiger partial charge in [-0.05, 0) is 59.3 Å². The average Bonchev–Trinajstić information content (AvgIpc) is 3.23. The van der Waals surface area contributed by atoms with E-state index in [1.807, 2.05) is 29.0 Å². The maximum Gasteiger partial charge on any atom is 0.227 e. The molecule has 1 aromatic heterocycles. The lowest BCUT2D eigenvalue weighted by molar-refractivity contribution is -0.132. The SMILES string of the molecule is O=C(Cc1ccsc1)N(CCc1ccc(F)cc1)C1CCCC1. The Morgan fingerprint density at radius 3 is 2.52 bits per heavy atom. The molecule has 0 spiro atoms. The van der Waals surface area contributed by atoms with E-state index in [9.17, 15) is 9.18 Å². The van der Waals surface area contributed by atoms with E-state index in [-0.39, 0.29) is 11.7 Å². The average molecular weight is 331 g/mol. The van der Waals surface area contributed by atoms with E-state index in [0.717, 1.165) is 36.9 Å². The van der Waals surface area contributed by atoms with Crippen LogP contribution < -0.4 is 0 Å². The summed E-state index contributed by atoms with van der Waals surface area (Å²) in [6, 6.07) is 9.00. The fourth-order valence-electron chi connectivity index (χ4n) is 3.30. The maximum atomic E-state index is 13.0. The maximum absolute atomic E-state index is 13.0. The Morgan fingerprint density at radius 1 is 1.13 bits per heavy atom. The predicted molar refractivity (Wildman–Crippen MR) is 92.1 cm³/mol. The molecule has 0 saturated heterocycles. The van der Waals surface area contributed by atoms with Crippen molar-refractivity contribution in [3.05, 3.63) is 58.0 Å². The Balaban J connectivity index is 1.65. The number of nitrogens with zero attached hydrogens (tertiary/aromatic N) is 1. The van der Waals surface area contributed by atoms with Crippen LogP contribution in [0.3, 0.4) is 0 Å². The minimum Gasteiger partial charge on any atom is -0.339 e. The largest absolute Gasteiger partial charge is 0.339 e. The smallest absolute Gasteiger partial charge is 0.227 e. The second kappa shape index (κ2) is 7.73. The van der Waals surface area contributed by atoms with Crippen molar-refractivity contribution < 1.29 is 9.18 Å². The molecule has 0 atom stereocenters.